The average molecular weight is 264 g/mol. The highest BCUT2D eigenvalue weighted by molar-refractivity contribution is 7.07. The fraction of sp³-hybridized carbons (Fsp3) is 0.538. The molecule has 4 nitrogen and oxygen atoms in total. The predicted molar refractivity (Wildman–Crippen MR) is 74.8 cm³/mol. The molecular weight excluding hydrogens is 244 g/mol. The van der Waals surface area contributed by atoms with E-state index in [-0.39, 0.29) is 6.04 Å². The van der Waals surface area contributed by atoms with E-state index in [1.807, 2.05) is 17.2 Å². The van der Waals surface area contributed by atoms with Crippen LogP contribution >= 0.6 is 11.3 Å². The lowest BCUT2D eigenvalue weighted by molar-refractivity contribution is 0.519. The Bertz CT molecular complexity index is 475. The quantitative estimate of drug-likeness (QED) is 0.871. The highest BCUT2D eigenvalue weighted by Gasteiger charge is 2.15. The SMILES string of the molecule is CCNC(Cc1cc(CC)nn1C)c1cscn1. The Kier molecular flexibility index (Phi) is 4.49. The Morgan fingerprint density at radius 2 is 2.28 bits per heavy atom. The van der Waals surface area contributed by atoms with E-state index in [4.69, 9.17) is 0 Å². The van der Waals surface area contributed by atoms with Crippen molar-refractivity contribution in [1.82, 2.24) is 20.1 Å². The Balaban J connectivity index is 2.15. The van der Waals surface area contributed by atoms with E-state index in [2.05, 4.69) is 40.7 Å². The number of rotatable bonds is 6. The first-order valence-corrected chi connectivity index (χ1v) is 7.32. The molecule has 2 heterocycles. The number of nitrogens with zero attached hydrogens (tertiary/aromatic N) is 3. The number of hydrogen-bond donors (Lipinski definition) is 1. The first-order valence-electron chi connectivity index (χ1n) is 6.37. The maximum absolute atomic E-state index is 4.49. The molecule has 1 atom stereocenters. The molecule has 0 bridgehead atoms. The maximum Gasteiger partial charge on any atom is 0.0795 e. The monoisotopic (exact) mass is 264 g/mol. The number of aromatic nitrogens is 3. The van der Waals surface area contributed by atoms with Crippen LogP contribution in [0.4, 0.5) is 0 Å². The van der Waals surface area contributed by atoms with Crippen LogP contribution in [0.15, 0.2) is 17.0 Å². The lowest BCUT2D eigenvalue weighted by Crippen LogP contribution is -2.24. The van der Waals surface area contributed by atoms with Gasteiger partial charge in [-0.25, -0.2) is 4.98 Å². The summed E-state index contributed by atoms with van der Waals surface area (Å²) in [7, 11) is 2.01. The lowest BCUT2D eigenvalue weighted by atomic mass is 10.1. The first kappa shape index (κ1) is 13.2. The number of hydrogen-bond acceptors (Lipinski definition) is 4. The Morgan fingerprint density at radius 1 is 1.44 bits per heavy atom. The van der Waals surface area contributed by atoms with Crippen molar-refractivity contribution >= 4 is 11.3 Å². The van der Waals surface area contributed by atoms with E-state index in [0.29, 0.717) is 0 Å². The molecule has 1 unspecified atom stereocenters. The van der Waals surface area contributed by atoms with Gasteiger partial charge in [0.1, 0.15) is 0 Å². The van der Waals surface area contributed by atoms with Crippen molar-refractivity contribution in [3.8, 4) is 0 Å². The van der Waals surface area contributed by atoms with Crippen LogP contribution in [0.5, 0.6) is 0 Å². The van der Waals surface area contributed by atoms with Crippen LogP contribution in [-0.4, -0.2) is 21.3 Å². The van der Waals surface area contributed by atoms with Crippen LogP contribution in [0.3, 0.4) is 0 Å². The number of likely N-dealkylation sites (N-methyl/N-ethyl adjacent to an activating group) is 1. The molecule has 0 fully saturated rings. The summed E-state index contributed by atoms with van der Waals surface area (Å²) >= 11 is 1.64. The van der Waals surface area contributed by atoms with Gasteiger partial charge in [-0.1, -0.05) is 13.8 Å². The van der Waals surface area contributed by atoms with E-state index in [0.717, 1.165) is 30.8 Å². The van der Waals surface area contributed by atoms with E-state index in [9.17, 15) is 0 Å². The molecule has 0 spiro atoms. The fourth-order valence-corrected chi connectivity index (χ4v) is 2.67. The minimum absolute atomic E-state index is 0.279. The largest absolute Gasteiger partial charge is 0.309 e. The summed E-state index contributed by atoms with van der Waals surface area (Å²) in [6, 6.07) is 2.47. The molecule has 0 aromatic carbocycles. The summed E-state index contributed by atoms with van der Waals surface area (Å²) in [5.74, 6) is 0. The number of aryl methyl sites for hydroxylation is 2. The van der Waals surface area contributed by atoms with Crippen LogP contribution in [0.1, 0.15) is 37.0 Å². The molecule has 0 saturated heterocycles. The van der Waals surface area contributed by atoms with Gasteiger partial charge in [0.05, 0.1) is 22.9 Å². The van der Waals surface area contributed by atoms with Gasteiger partial charge < -0.3 is 5.32 Å². The topological polar surface area (TPSA) is 42.7 Å². The van der Waals surface area contributed by atoms with Crippen molar-refractivity contribution in [2.75, 3.05) is 6.54 Å². The van der Waals surface area contributed by atoms with Gasteiger partial charge in [-0.3, -0.25) is 4.68 Å². The summed E-state index contributed by atoms with van der Waals surface area (Å²) in [6.45, 7) is 5.20. The van der Waals surface area contributed by atoms with Crippen molar-refractivity contribution in [3.63, 3.8) is 0 Å². The van der Waals surface area contributed by atoms with Gasteiger partial charge in [0.2, 0.25) is 0 Å². The van der Waals surface area contributed by atoms with Crippen LogP contribution in [-0.2, 0) is 19.9 Å². The van der Waals surface area contributed by atoms with Gasteiger partial charge in [-0.05, 0) is 19.0 Å². The summed E-state index contributed by atoms with van der Waals surface area (Å²) in [6.07, 6.45) is 1.91. The molecule has 0 amide bonds. The Morgan fingerprint density at radius 3 is 2.83 bits per heavy atom. The molecule has 0 aliphatic heterocycles. The van der Waals surface area contributed by atoms with Crippen LogP contribution in [0.25, 0.3) is 0 Å². The maximum atomic E-state index is 4.49. The highest BCUT2D eigenvalue weighted by Crippen LogP contribution is 2.18. The molecule has 1 N–H and O–H groups in total. The van der Waals surface area contributed by atoms with E-state index in [1.165, 1.54) is 5.69 Å². The molecule has 2 aromatic heterocycles. The third kappa shape index (κ3) is 2.97. The van der Waals surface area contributed by atoms with Gasteiger partial charge in [-0.15, -0.1) is 11.3 Å². The third-order valence-corrected chi connectivity index (χ3v) is 3.67. The molecule has 5 heteroatoms. The van der Waals surface area contributed by atoms with Crippen LogP contribution < -0.4 is 5.32 Å². The second-order valence-electron chi connectivity index (χ2n) is 4.33. The van der Waals surface area contributed by atoms with Gasteiger partial charge in [0, 0.05) is 24.5 Å². The molecule has 0 aliphatic carbocycles. The Labute approximate surface area is 112 Å². The summed E-state index contributed by atoms with van der Waals surface area (Å²) < 4.78 is 1.98. The second-order valence-corrected chi connectivity index (χ2v) is 5.05. The molecule has 0 aliphatic rings. The first-order chi connectivity index (χ1) is 8.74. The van der Waals surface area contributed by atoms with Gasteiger partial charge in [-0.2, -0.15) is 5.10 Å². The zero-order valence-electron chi connectivity index (χ0n) is 11.2. The smallest absolute Gasteiger partial charge is 0.0795 e. The lowest BCUT2D eigenvalue weighted by Gasteiger charge is -2.15. The minimum atomic E-state index is 0.279. The molecule has 2 aromatic rings. The van der Waals surface area contributed by atoms with Crippen LogP contribution in [0.2, 0.25) is 0 Å². The van der Waals surface area contributed by atoms with Gasteiger partial charge in [0.15, 0.2) is 0 Å². The summed E-state index contributed by atoms with van der Waals surface area (Å²) in [4.78, 5) is 4.41. The molecule has 0 radical (unpaired) electrons. The standard InChI is InChI=1S/C13H20N4S/c1-4-10-6-11(17(3)16-10)7-12(14-5-2)13-8-18-9-15-13/h6,8-9,12,14H,4-5,7H2,1-3H3. The normalized spacial score (nSPS) is 12.8. The van der Waals surface area contributed by atoms with Crippen molar-refractivity contribution in [3.05, 3.63) is 34.0 Å². The third-order valence-electron chi connectivity index (χ3n) is 3.06. The predicted octanol–water partition coefficient (Wildman–Crippen LogP) is 2.33. The number of nitrogens with one attached hydrogen (secondary N) is 1. The van der Waals surface area contributed by atoms with Crippen molar-refractivity contribution in [1.29, 1.82) is 0 Å². The van der Waals surface area contributed by atoms with E-state index >= 15 is 0 Å². The van der Waals surface area contributed by atoms with Crippen molar-refractivity contribution in [2.24, 2.45) is 7.05 Å². The van der Waals surface area contributed by atoms with Crippen LogP contribution in [0, 0.1) is 0 Å². The summed E-state index contributed by atoms with van der Waals surface area (Å²) in [5.41, 5.74) is 5.42. The minimum Gasteiger partial charge on any atom is -0.309 e. The van der Waals surface area contributed by atoms with Crippen molar-refractivity contribution < 1.29 is 0 Å². The summed E-state index contributed by atoms with van der Waals surface area (Å²) in [5, 5.41) is 10.1. The Hall–Kier alpha value is -1.20. The van der Waals surface area contributed by atoms with E-state index in [1.54, 1.807) is 11.3 Å². The average Bonchev–Trinajstić information content (AvgIpc) is 2.99. The molecule has 0 saturated carbocycles. The zero-order valence-corrected chi connectivity index (χ0v) is 12.0. The van der Waals surface area contributed by atoms with Gasteiger partial charge in [0.25, 0.3) is 0 Å². The second kappa shape index (κ2) is 6.11. The highest BCUT2D eigenvalue weighted by atomic mass is 32.1. The molecule has 98 valence electrons. The van der Waals surface area contributed by atoms with Gasteiger partial charge >= 0.3 is 0 Å². The molecule has 18 heavy (non-hydrogen) atoms. The molecular formula is C13H20N4S. The zero-order chi connectivity index (χ0) is 13.0. The molecule has 2 rings (SSSR count). The number of thiazole rings is 1. The fourth-order valence-electron chi connectivity index (χ4n) is 2.07. The van der Waals surface area contributed by atoms with Crippen molar-refractivity contribution in [2.45, 2.75) is 32.7 Å². The van der Waals surface area contributed by atoms with E-state index < -0.39 is 0 Å².